The first-order chi connectivity index (χ1) is 8.49. The third kappa shape index (κ3) is 2.67. The molecule has 0 aliphatic heterocycles. The van der Waals surface area contributed by atoms with Gasteiger partial charge in [0.15, 0.2) is 0 Å². The van der Waals surface area contributed by atoms with Crippen molar-refractivity contribution >= 4 is 33.2 Å². The van der Waals surface area contributed by atoms with E-state index < -0.39 is 0 Å². The first kappa shape index (κ1) is 13.4. The lowest BCUT2D eigenvalue weighted by Gasteiger charge is -2.10. The molecule has 0 spiro atoms. The van der Waals surface area contributed by atoms with Gasteiger partial charge in [0, 0.05) is 12.7 Å². The fourth-order valence-electron chi connectivity index (χ4n) is 1.60. The molecular weight excluding hydrogens is 321 g/mol. The first-order valence-electron chi connectivity index (χ1n) is 5.34. The van der Waals surface area contributed by atoms with Crippen molar-refractivity contribution in [3.8, 4) is 0 Å². The monoisotopic (exact) mass is 331 g/mol. The number of imidazole rings is 1. The van der Waals surface area contributed by atoms with Gasteiger partial charge in [-0.2, -0.15) is 0 Å². The Bertz CT molecular complexity index is 583. The number of rotatable bonds is 3. The number of aryl methyl sites for hydroxylation is 1. The van der Waals surface area contributed by atoms with Gasteiger partial charge in [-0.1, -0.05) is 11.6 Å². The zero-order chi connectivity index (χ0) is 13.3. The molecule has 0 aliphatic carbocycles. The molecule has 2 aromatic rings. The average Bonchev–Trinajstić information content (AvgIpc) is 2.63. The molecule has 0 unspecified atom stereocenters. The summed E-state index contributed by atoms with van der Waals surface area (Å²) >= 11 is 9.05. The van der Waals surface area contributed by atoms with Crippen LogP contribution in [-0.2, 0) is 13.6 Å². The summed E-state index contributed by atoms with van der Waals surface area (Å²) in [7, 11) is 1.83. The lowest BCUT2D eigenvalue weighted by Crippen LogP contribution is -2.07. The largest absolute Gasteiger partial charge is 0.378 e. The first-order valence-corrected chi connectivity index (χ1v) is 6.51. The average molecular weight is 333 g/mol. The Balaban J connectivity index is 2.16. The van der Waals surface area contributed by atoms with E-state index in [4.69, 9.17) is 11.6 Å². The molecule has 18 heavy (non-hydrogen) atoms. The quantitative estimate of drug-likeness (QED) is 0.924. The van der Waals surface area contributed by atoms with Gasteiger partial charge in [0.05, 0.1) is 17.2 Å². The number of hydrogen-bond donors (Lipinski definition) is 1. The molecule has 0 bridgehead atoms. The number of nitrogens with one attached hydrogen (secondary N) is 1. The van der Waals surface area contributed by atoms with E-state index in [1.807, 2.05) is 14.0 Å². The zero-order valence-electron chi connectivity index (χ0n) is 9.97. The molecule has 0 radical (unpaired) electrons. The minimum atomic E-state index is -0.291. The van der Waals surface area contributed by atoms with Gasteiger partial charge in [-0.3, -0.25) is 0 Å². The van der Waals surface area contributed by atoms with Crippen LogP contribution in [-0.4, -0.2) is 9.55 Å². The van der Waals surface area contributed by atoms with Crippen molar-refractivity contribution in [3.63, 3.8) is 0 Å². The van der Waals surface area contributed by atoms with Gasteiger partial charge < -0.3 is 9.88 Å². The molecule has 1 aromatic heterocycles. The molecule has 96 valence electrons. The van der Waals surface area contributed by atoms with Crippen LogP contribution in [0.3, 0.4) is 0 Å². The Morgan fingerprint density at radius 3 is 2.83 bits per heavy atom. The number of anilines is 1. The Hall–Kier alpha value is -1.07. The molecule has 0 fully saturated rings. The molecule has 3 nitrogen and oxygen atoms in total. The van der Waals surface area contributed by atoms with Crippen LogP contribution in [0.4, 0.5) is 10.1 Å². The Kier molecular flexibility index (Phi) is 3.92. The van der Waals surface area contributed by atoms with E-state index in [1.54, 1.807) is 16.8 Å². The lowest BCUT2D eigenvalue weighted by atomic mass is 10.2. The summed E-state index contributed by atoms with van der Waals surface area (Å²) in [4.78, 5) is 4.17. The van der Waals surface area contributed by atoms with E-state index in [9.17, 15) is 4.39 Å². The van der Waals surface area contributed by atoms with E-state index >= 15 is 0 Å². The third-order valence-electron chi connectivity index (χ3n) is 2.73. The maximum atomic E-state index is 13.4. The molecule has 1 N–H and O–H groups in total. The van der Waals surface area contributed by atoms with Crippen molar-refractivity contribution in [2.45, 2.75) is 13.5 Å². The van der Waals surface area contributed by atoms with Gasteiger partial charge in [-0.15, -0.1) is 0 Å². The smallest absolute Gasteiger partial charge is 0.139 e. The standard InChI is InChI=1S/C12H12BrClFN3/c1-7-3-8(13)9(15)4-10(7)16-6-12-17-5-11(14)18(12)2/h3-5,16H,6H2,1-2H3. The van der Waals surface area contributed by atoms with Gasteiger partial charge in [-0.25, -0.2) is 9.37 Å². The van der Waals surface area contributed by atoms with Crippen LogP contribution in [0.25, 0.3) is 0 Å². The molecule has 0 aliphatic rings. The highest BCUT2D eigenvalue weighted by Crippen LogP contribution is 2.24. The van der Waals surface area contributed by atoms with Crippen molar-refractivity contribution in [3.05, 3.63) is 45.2 Å². The van der Waals surface area contributed by atoms with Gasteiger partial charge in [0.1, 0.15) is 16.8 Å². The highest BCUT2D eigenvalue weighted by atomic mass is 79.9. The van der Waals surface area contributed by atoms with E-state index in [2.05, 4.69) is 26.2 Å². The maximum absolute atomic E-state index is 13.4. The third-order valence-corrected chi connectivity index (χ3v) is 3.69. The predicted molar refractivity (Wildman–Crippen MR) is 74.4 cm³/mol. The number of nitrogens with zero attached hydrogens (tertiary/aromatic N) is 2. The molecule has 6 heteroatoms. The van der Waals surface area contributed by atoms with Crippen LogP contribution in [0.5, 0.6) is 0 Å². The van der Waals surface area contributed by atoms with E-state index in [-0.39, 0.29) is 5.82 Å². The molecule has 1 heterocycles. The van der Waals surface area contributed by atoms with Crippen molar-refractivity contribution in [1.82, 2.24) is 9.55 Å². The normalized spacial score (nSPS) is 10.7. The van der Waals surface area contributed by atoms with Gasteiger partial charge in [-0.05, 0) is 40.5 Å². The molecule has 0 amide bonds. The Morgan fingerprint density at radius 1 is 1.50 bits per heavy atom. The molecule has 2 rings (SSSR count). The second-order valence-corrected chi connectivity index (χ2v) is 5.23. The van der Waals surface area contributed by atoms with Crippen LogP contribution in [0.1, 0.15) is 11.4 Å². The van der Waals surface area contributed by atoms with Gasteiger partial charge >= 0.3 is 0 Å². The van der Waals surface area contributed by atoms with Crippen LogP contribution < -0.4 is 5.32 Å². The summed E-state index contributed by atoms with van der Waals surface area (Å²) < 4.78 is 15.7. The Morgan fingerprint density at radius 2 is 2.22 bits per heavy atom. The summed E-state index contributed by atoms with van der Waals surface area (Å²) in [6, 6.07) is 3.20. The molecule has 0 saturated heterocycles. The van der Waals surface area contributed by atoms with Gasteiger partial charge in [0.25, 0.3) is 0 Å². The predicted octanol–water partition coefficient (Wildman–Crippen LogP) is 3.90. The van der Waals surface area contributed by atoms with E-state index in [0.29, 0.717) is 16.2 Å². The van der Waals surface area contributed by atoms with Crippen molar-refractivity contribution in [1.29, 1.82) is 0 Å². The minimum absolute atomic E-state index is 0.291. The lowest BCUT2D eigenvalue weighted by molar-refractivity contribution is 0.621. The summed E-state index contributed by atoms with van der Waals surface area (Å²) in [6.07, 6.45) is 1.59. The minimum Gasteiger partial charge on any atom is -0.378 e. The zero-order valence-corrected chi connectivity index (χ0v) is 12.3. The number of aromatic nitrogens is 2. The molecule has 1 aromatic carbocycles. The van der Waals surface area contributed by atoms with Crippen molar-refractivity contribution in [2.75, 3.05) is 5.32 Å². The summed E-state index contributed by atoms with van der Waals surface area (Å²) in [5.74, 6) is 0.503. The second kappa shape index (κ2) is 5.28. The second-order valence-electron chi connectivity index (χ2n) is 3.99. The van der Waals surface area contributed by atoms with Crippen molar-refractivity contribution in [2.24, 2.45) is 7.05 Å². The number of halogens is 3. The fourth-order valence-corrected chi connectivity index (χ4v) is 2.20. The summed E-state index contributed by atoms with van der Waals surface area (Å²) in [5, 5.41) is 3.72. The molecular formula is C12H12BrClFN3. The number of hydrogen-bond acceptors (Lipinski definition) is 2. The van der Waals surface area contributed by atoms with Gasteiger partial charge in [0.2, 0.25) is 0 Å². The summed E-state index contributed by atoms with van der Waals surface area (Å²) in [5.41, 5.74) is 1.71. The fraction of sp³-hybridized carbons (Fsp3) is 0.250. The van der Waals surface area contributed by atoms with Crippen molar-refractivity contribution < 1.29 is 4.39 Å². The SMILES string of the molecule is Cc1cc(Br)c(F)cc1NCc1ncc(Cl)n1C. The highest BCUT2D eigenvalue weighted by Gasteiger charge is 2.07. The molecule has 0 saturated carbocycles. The van der Waals surface area contributed by atoms with Crippen LogP contribution in [0.2, 0.25) is 5.15 Å². The summed E-state index contributed by atoms with van der Waals surface area (Å²) in [6.45, 7) is 2.41. The van der Waals surface area contributed by atoms with E-state index in [0.717, 1.165) is 17.1 Å². The van der Waals surface area contributed by atoms with E-state index in [1.165, 1.54) is 6.07 Å². The molecule has 0 atom stereocenters. The number of benzene rings is 1. The van der Waals surface area contributed by atoms with Crippen LogP contribution in [0, 0.1) is 12.7 Å². The maximum Gasteiger partial charge on any atom is 0.139 e. The topological polar surface area (TPSA) is 29.9 Å². The highest BCUT2D eigenvalue weighted by molar-refractivity contribution is 9.10. The van der Waals surface area contributed by atoms with Crippen LogP contribution >= 0.6 is 27.5 Å². The van der Waals surface area contributed by atoms with Crippen LogP contribution in [0.15, 0.2) is 22.8 Å². The Labute approximate surface area is 118 Å².